The zero-order chi connectivity index (χ0) is 62.6. The molecular formula is C76H121NO8P+. The highest BCUT2D eigenvalue weighted by atomic mass is 31.2. The maximum Gasteiger partial charge on any atom is 0.472 e. The van der Waals surface area contributed by atoms with Crippen LogP contribution in [-0.4, -0.2) is 74.9 Å². The van der Waals surface area contributed by atoms with Crippen LogP contribution in [0.1, 0.15) is 219 Å². The molecule has 0 aliphatic heterocycles. The molecular weight excluding hydrogens is 1090 g/mol. The summed E-state index contributed by atoms with van der Waals surface area (Å²) in [5.41, 5.74) is 0. The van der Waals surface area contributed by atoms with Crippen LogP contribution in [0.5, 0.6) is 0 Å². The molecule has 0 spiro atoms. The number of rotatable bonds is 58. The Kier molecular flexibility index (Phi) is 60.5. The van der Waals surface area contributed by atoms with Gasteiger partial charge in [-0.3, -0.25) is 18.6 Å². The maximum absolute atomic E-state index is 12.9. The topological polar surface area (TPSA) is 108 Å². The molecule has 0 fully saturated rings. The number of nitrogens with zero attached hydrogens (tertiary/aromatic N) is 1. The van der Waals surface area contributed by atoms with E-state index < -0.39 is 32.5 Å². The Labute approximate surface area is 526 Å². The molecule has 0 aromatic heterocycles. The summed E-state index contributed by atoms with van der Waals surface area (Å²) < 4.78 is 34.6. The molecule has 9 nitrogen and oxygen atoms in total. The Morgan fingerprint density at radius 1 is 0.360 bits per heavy atom. The van der Waals surface area contributed by atoms with Crippen LogP contribution in [0, 0.1) is 0 Å². The third-order valence-electron chi connectivity index (χ3n) is 13.1. The number of hydrogen-bond donors (Lipinski definition) is 1. The van der Waals surface area contributed by atoms with Crippen molar-refractivity contribution in [3.8, 4) is 0 Å². The Morgan fingerprint density at radius 3 is 0.942 bits per heavy atom. The van der Waals surface area contributed by atoms with Gasteiger partial charge in [-0.1, -0.05) is 260 Å². The van der Waals surface area contributed by atoms with Crippen LogP contribution in [0.15, 0.2) is 194 Å². The van der Waals surface area contributed by atoms with Gasteiger partial charge in [0, 0.05) is 12.8 Å². The van der Waals surface area contributed by atoms with Crippen molar-refractivity contribution in [2.45, 2.75) is 225 Å². The van der Waals surface area contributed by atoms with Crippen molar-refractivity contribution in [1.29, 1.82) is 0 Å². The number of carbonyl (C=O) groups is 2. The average molecular weight is 1210 g/mol. The molecule has 0 saturated carbocycles. The Bertz CT molecular complexity index is 2150. The molecule has 10 heteroatoms. The molecule has 0 aliphatic carbocycles. The summed E-state index contributed by atoms with van der Waals surface area (Å²) in [6.07, 6.45) is 101. The highest BCUT2D eigenvalue weighted by molar-refractivity contribution is 7.47. The summed E-state index contributed by atoms with van der Waals surface area (Å²) >= 11 is 0. The van der Waals surface area contributed by atoms with E-state index in [9.17, 15) is 19.0 Å². The largest absolute Gasteiger partial charge is 0.472 e. The van der Waals surface area contributed by atoms with Gasteiger partial charge < -0.3 is 18.9 Å². The zero-order valence-corrected chi connectivity index (χ0v) is 55.6. The van der Waals surface area contributed by atoms with Crippen molar-refractivity contribution in [3.63, 3.8) is 0 Å². The molecule has 2 atom stereocenters. The van der Waals surface area contributed by atoms with Gasteiger partial charge >= 0.3 is 19.8 Å². The van der Waals surface area contributed by atoms with E-state index in [1.807, 2.05) is 21.1 Å². The first-order valence-electron chi connectivity index (χ1n) is 33.2. The number of allylic oxidation sites excluding steroid dienone is 32. The van der Waals surface area contributed by atoms with Crippen LogP contribution in [-0.2, 0) is 32.7 Å². The van der Waals surface area contributed by atoms with E-state index in [2.05, 4.69) is 208 Å². The molecule has 0 amide bonds. The maximum atomic E-state index is 12.9. The van der Waals surface area contributed by atoms with Crippen LogP contribution in [0.2, 0.25) is 0 Å². The Hall–Kier alpha value is -5.15. The number of likely N-dealkylation sites (N-methyl/N-ethyl adjacent to an activating group) is 1. The van der Waals surface area contributed by atoms with E-state index in [1.165, 1.54) is 32.1 Å². The number of unbranched alkanes of at least 4 members (excludes halogenated alkanes) is 12. The lowest BCUT2D eigenvalue weighted by atomic mass is 10.1. The Morgan fingerprint density at radius 2 is 0.628 bits per heavy atom. The highest BCUT2D eigenvalue weighted by Gasteiger charge is 2.27. The lowest BCUT2D eigenvalue weighted by molar-refractivity contribution is -0.870. The van der Waals surface area contributed by atoms with Gasteiger partial charge in [0.1, 0.15) is 19.8 Å². The summed E-state index contributed by atoms with van der Waals surface area (Å²) in [6, 6.07) is 0. The van der Waals surface area contributed by atoms with Gasteiger partial charge in [0.25, 0.3) is 0 Å². The van der Waals surface area contributed by atoms with E-state index in [0.717, 1.165) is 148 Å². The van der Waals surface area contributed by atoms with E-state index >= 15 is 0 Å². The summed E-state index contributed by atoms with van der Waals surface area (Å²) in [4.78, 5) is 35.8. The van der Waals surface area contributed by atoms with Crippen molar-refractivity contribution in [2.24, 2.45) is 0 Å². The molecule has 0 aliphatic rings. The predicted octanol–water partition coefficient (Wildman–Crippen LogP) is 21.7. The standard InChI is InChI=1S/C76H120NO8P/c1-6-8-10-12-14-16-18-20-22-24-26-28-30-32-33-34-35-36-37-38-39-40-41-42-43-45-47-49-51-53-55-57-59-61-63-65-67-69-76(79)85-74(73-84-86(80,81)83-71-70-77(3,4)5)72-82-75(78)68-66-64-62-60-58-56-54-52-50-48-46-44-31-29-27-25-23-21-19-17-15-13-11-9-7-2/h8-11,14-17,20-23,26-29,32-33,35-36,38-39,41-42,44-47,51,53,57,59,74H,6-7,12-13,18-19,24-25,30-31,34,37,40,43,48-50,52,54-56,58,60-73H2,1-5H3/p+1/b10-8-,11-9-,16-14-,17-15-,22-20-,23-21-,28-26-,29-27-,33-32-,36-35-,39-38-,42-41-,46-44-,47-45-,53-51-,59-57-. The minimum Gasteiger partial charge on any atom is -0.462 e. The van der Waals surface area contributed by atoms with Crippen LogP contribution in [0.3, 0.4) is 0 Å². The lowest BCUT2D eigenvalue weighted by Crippen LogP contribution is -2.37. The quantitative estimate of drug-likeness (QED) is 0.0211. The van der Waals surface area contributed by atoms with Gasteiger partial charge in [-0.05, 0) is 141 Å². The molecule has 0 aromatic carbocycles. The van der Waals surface area contributed by atoms with E-state index in [4.69, 9.17) is 18.5 Å². The molecule has 86 heavy (non-hydrogen) atoms. The van der Waals surface area contributed by atoms with E-state index in [1.54, 1.807) is 0 Å². The van der Waals surface area contributed by atoms with Gasteiger partial charge in [0.2, 0.25) is 0 Å². The second kappa shape index (κ2) is 64.3. The highest BCUT2D eigenvalue weighted by Crippen LogP contribution is 2.43. The Balaban J connectivity index is 4.26. The molecule has 0 saturated heterocycles. The van der Waals surface area contributed by atoms with Crippen molar-refractivity contribution >= 4 is 19.8 Å². The fraction of sp³-hybridized carbons (Fsp3) is 0.553. The minimum absolute atomic E-state index is 0.0124. The third-order valence-corrected chi connectivity index (χ3v) is 14.1. The third kappa shape index (κ3) is 68.0. The summed E-state index contributed by atoms with van der Waals surface area (Å²) in [6.45, 7) is 4.13. The fourth-order valence-electron chi connectivity index (χ4n) is 8.10. The predicted molar refractivity (Wildman–Crippen MR) is 371 cm³/mol. The number of phosphoric acid groups is 1. The van der Waals surface area contributed by atoms with Gasteiger partial charge in [-0.25, -0.2) is 4.57 Å². The van der Waals surface area contributed by atoms with E-state index in [-0.39, 0.29) is 26.1 Å². The van der Waals surface area contributed by atoms with Crippen LogP contribution in [0.25, 0.3) is 0 Å². The normalized spacial score (nSPS) is 14.4. The molecule has 0 rings (SSSR count). The van der Waals surface area contributed by atoms with Gasteiger partial charge in [-0.15, -0.1) is 0 Å². The van der Waals surface area contributed by atoms with Gasteiger partial charge in [0.15, 0.2) is 6.10 Å². The van der Waals surface area contributed by atoms with Crippen molar-refractivity contribution in [2.75, 3.05) is 47.5 Å². The smallest absolute Gasteiger partial charge is 0.462 e. The van der Waals surface area contributed by atoms with Crippen molar-refractivity contribution in [3.05, 3.63) is 194 Å². The lowest BCUT2D eigenvalue weighted by Gasteiger charge is -2.24. The SMILES string of the molecule is CC/C=C\C/C=C\C/C=C\C/C=C\C/C=C\C/C=C\C/C=C\C/C=C\C/C=C\C/C=C\C/C=C\CCCCCC(=O)OC(COC(=O)CCCCCCCCCCC/C=C\C/C=C\C/C=C\C/C=C\C/C=C\CC)COP(=O)(O)OCC[N+](C)(C)C. The number of quaternary nitrogens is 1. The van der Waals surface area contributed by atoms with E-state index in [0.29, 0.717) is 23.9 Å². The summed E-state index contributed by atoms with van der Waals surface area (Å²) in [5, 5.41) is 0. The van der Waals surface area contributed by atoms with Crippen LogP contribution < -0.4 is 0 Å². The zero-order valence-electron chi connectivity index (χ0n) is 54.7. The van der Waals surface area contributed by atoms with Crippen molar-refractivity contribution < 1.29 is 42.1 Å². The fourth-order valence-corrected chi connectivity index (χ4v) is 8.85. The second-order valence-electron chi connectivity index (χ2n) is 22.4. The number of ether oxygens (including phenoxy) is 2. The summed E-state index contributed by atoms with van der Waals surface area (Å²) in [7, 11) is 1.42. The minimum atomic E-state index is -4.42. The molecule has 1 N–H and O–H groups in total. The van der Waals surface area contributed by atoms with Crippen LogP contribution >= 0.6 is 7.82 Å². The van der Waals surface area contributed by atoms with Gasteiger partial charge in [-0.2, -0.15) is 0 Å². The first kappa shape index (κ1) is 80.8. The van der Waals surface area contributed by atoms with Crippen LogP contribution in [0.4, 0.5) is 0 Å². The molecule has 0 aromatic rings. The first-order valence-corrected chi connectivity index (χ1v) is 34.7. The number of carbonyl (C=O) groups excluding carboxylic acids is 2. The summed E-state index contributed by atoms with van der Waals surface area (Å²) in [5.74, 6) is -0.859. The number of phosphoric ester groups is 1. The molecule has 482 valence electrons. The second-order valence-corrected chi connectivity index (χ2v) is 23.8. The monoisotopic (exact) mass is 1210 g/mol. The molecule has 0 bridgehead atoms. The molecule has 2 unspecified atom stereocenters. The van der Waals surface area contributed by atoms with Crippen molar-refractivity contribution in [1.82, 2.24) is 0 Å². The number of esters is 2. The number of hydrogen-bond acceptors (Lipinski definition) is 7. The average Bonchev–Trinajstić information content (AvgIpc) is 3.67. The molecule has 0 radical (unpaired) electrons. The van der Waals surface area contributed by atoms with Gasteiger partial charge in [0.05, 0.1) is 27.7 Å². The molecule has 0 heterocycles. The first-order chi connectivity index (χ1) is 42.0.